The number of pyridine rings is 1. The van der Waals surface area contributed by atoms with Crippen molar-refractivity contribution in [1.82, 2.24) is 4.98 Å². The number of carbonyl (C=O) groups excluding carboxylic acids is 1. The zero-order valence-corrected chi connectivity index (χ0v) is 10.5. The van der Waals surface area contributed by atoms with Gasteiger partial charge in [0.25, 0.3) is 0 Å². The topological polar surface area (TPSA) is 39.2 Å². The number of ether oxygens (including phenoxy) is 1. The summed E-state index contributed by atoms with van der Waals surface area (Å²) in [6.07, 6.45) is 0.782. The monoisotopic (exact) mass is 241 g/mol. The van der Waals surface area contributed by atoms with Gasteiger partial charge in [-0.15, -0.1) is 0 Å². The van der Waals surface area contributed by atoms with Crippen molar-refractivity contribution in [2.75, 3.05) is 7.11 Å². The van der Waals surface area contributed by atoms with Crippen LogP contribution in [0.1, 0.15) is 23.0 Å². The number of benzene rings is 1. The molecule has 0 aliphatic rings. The predicted octanol–water partition coefficient (Wildman–Crippen LogP) is 3.10. The molecule has 1 heterocycles. The van der Waals surface area contributed by atoms with E-state index in [0.29, 0.717) is 5.56 Å². The number of hydrogen-bond donors (Lipinski definition) is 0. The van der Waals surface area contributed by atoms with Crippen molar-refractivity contribution in [2.45, 2.75) is 13.3 Å². The average molecular weight is 241 g/mol. The van der Waals surface area contributed by atoms with Crippen LogP contribution in [0.5, 0.6) is 0 Å². The summed E-state index contributed by atoms with van der Waals surface area (Å²) in [7, 11) is 1.39. The average Bonchev–Trinajstić information content (AvgIpc) is 2.46. The van der Waals surface area contributed by atoms with Crippen LogP contribution in [0.25, 0.3) is 11.3 Å². The van der Waals surface area contributed by atoms with Crippen LogP contribution in [0.15, 0.2) is 42.5 Å². The summed E-state index contributed by atoms with van der Waals surface area (Å²) in [6.45, 7) is 2.01. The number of hydrogen-bond acceptors (Lipinski definition) is 3. The van der Waals surface area contributed by atoms with Crippen LogP contribution in [0.2, 0.25) is 0 Å². The minimum Gasteiger partial charge on any atom is -0.465 e. The quantitative estimate of drug-likeness (QED) is 0.775. The number of aryl methyl sites for hydroxylation is 1. The number of rotatable bonds is 3. The second kappa shape index (κ2) is 5.45. The Morgan fingerprint density at radius 3 is 2.56 bits per heavy atom. The minimum atomic E-state index is -0.329. The second-order valence-corrected chi connectivity index (χ2v) is 3.94. The van der Waals surface area contributed by atoms with E-state index < -0.39 is 0 Å². The summed E-state index contributed by atoms with van der Waals surface area (Å²) >= 11 is 0. The maximum absolute atomic E-state index is 11.6. The molecule has 2 aromatic rings. The number of aromatic nitrogens is 1. The first-order valence-corrected chi connectivity index (χ1v) is 5.89. The van der Waals surface area contributed by atoms with Gasteiger partial charge in [0.15, 0.2) is 0 Å². The van der Waals surface area contributed by atoms with E-state index in [0.717, 1.165) is 23.4 Å². The Kier molecular flexibility index (Phi) is 3.72. The van der Waals surface area contributed by atoms with Gasteiger partial charge in [-0.05, 0) is 18.6 Å². The van der Waals surface area contributed by atoms with E-state index >= 15 is 0 Å². The second-order valence-electron chi connectivity index (χ2n) is 3.94. The smallest absolute Gasteiger partial charge is 0.337 e. The molecule has 3 nitrogen and oxygen atoms in total. The van der Waals surface area contributed by atoms with Gasteiger partial charge < -0.3 is 4.74 Å². The lowest BCUT2D eigenvalue weighted by Crippen LogP contribution is -2.04. The van der Waals surface area contributed by atoms with Gasteiger partial charge in [0.2, 0.25) is 0 Å². The fourth-order valence-corrected chi connectivity index (χ4v) is 1.76. The predicted molar refractivity (Wildman–Crippen MR) is 70.4 cm³/mol. The molecule has 0 atom stereocenters. The molecule has 1 aromatic carbocycles. The Labute approximate surface area is 106 Å². The van der Waals surface area contributed by atoms with E-state index in [-0.39, 0.29) is 5.97 Å². The van der Waals surface area contributed by atoms with Crippen molar-refractivity contribution in [3.8, 4) is 11.3 Å². The first-order valence-electron chi connectivity index (χ1n) is 5.89. The Morgan fingerprint density at radius 2 is 1.94 bits per heavy atom. The lowest BCUT2D eigenvalue weighted by Gasteiger charge is -2.07. The lowest BCUT2D eigenvalue weighted by atomic mass is 10.1. The van der Waals surface area contributed by atoms with Crippen molar-refractivity contribution >= 4 is 5.97 Å². The zero-order valence-electron chi connectivity index (χ0n) is 10.5. The van der Waals surface area contributed by atoms with Gasteiger partial charge in [0, 0.05) is 11.3 Å². The van der Waals surface area contributed by atoms with Crippen LogP contribution in [0.3, 0.4) is 0 Å². The third kappa shape index (κ3) is 2.56. The van der Waals surface area contributed by atoms with Crippen molar-refractivity contribution in [1.29, 1.82) is 0 Å². The first-order chi connectivity index (χ1) is 8.74. The van der Waals surface area contributed by atoms with Gasteiger partial charge in [-0.1, -0.05) is 37.3 Å². The number of methoxy groups -OCH3 is 1. The Hall–Kier alpha value is -2.16. The molecule has 18 heavy (non-hydrogen) atoms. The van der Waals surface area contributed by atoms with E-state index in [4.69, 9.17) is 4.74 Å². The van der Waals surface area contributed by atoms with Gasteiger partial charge in [-0.2, -0.15) is 0 Å². The molecular formula is C15H15NO2. The third-order valence-electron chi connectivity index (χ3n) is 2.73. The molecule has 92 valence electrons. The molecule has 0 saturated heterocycles. The van der Waals surface area contributed by atoms with Crippen LogP contribution < -0.4 is 0 Å². The molecule has 0 unspecified atom stereocenters. The normalized spacial score (nSPS) is 10.1. The fourth-order valence-electron chi connectivity index (χ4n) is 1.76. The number of carbonyl (C=O) groups is 1. The molecule has 0 aliphatic heterocycles. The standard InChI is InChI=1S/C15H15NO2/c1-3-13-9-12(15(17)18-2)10-14(16-13)11-7-5-4-6-8-11/h4-10H,3H2,1-2H3. The molecule has 0 radical (unpaired) electrons. The van der Waals surface area contributed by atoms with Gasteiger partial charge >= 0.3 is 5.97 Å². The largest absolute Gasteiger partial charge is 0.465 e. The molecule has 0 aliphatic carbocycles. The Balaban J connectivity index is 2.51. The maximum Gasteiger partial charge on any atom is 0.337 e. The molecule has 2 rings (SSSR count). The van der Waals surface area contributed by atoms with E-state index in [2.05, 4.69) is 4.98 Å². The van der Waals surface area contributed by atoms with E-state index in [1.165, 1.54) is 7.11 Å². The lowest BCUT2D eigenvalue weighted by molar-refractivity contribution is 0.0600. The van der Waals surface area contributed by atoms with E-state index in [1.807, 2.05) is 37.3 Å². The van der Waals surface area contributed by atoms with Gasteiger partial charge in [0.1, 0.15) is 0 Å². The summed E-state index contributed by atoms with van der Waals surface area (Å²) < 4.78 is 4.76. The Bertz CT molecular complexity index is 550. The van der Waals surface area contributed by atoms with Crippen LogP contribution in [0.4, 0.5) is 0 Å². The van der Waals surface area contributed by atoms with Crippen molar-refractivity contribution < 1.29 is 9.53 Å². The molecule has 0 bridgehead atoms. The van der Waals surface area contributed by atoms with Crippen LogP contribution in [0, 0.1) is 0 Å². The SMILES string of the molecule is CCc1cc(C(=O)OC)cc(-c2ccccc2)n1. The maximum atomic E-state index is 11.6. The highest BCUT2D eigenvalue weighted by molar-refractivity contribution is 5.90. The summed E-state index contributed by atoms with van der Waals surface area (Å²) in [5.41, 5.74) is 3.23. The number of nitrogens with zero attached hydrogens (tertiary/aromatic N) is 1. The molecule has 3 heteroatoms. The summed E-state index contributed by atoms with van der Waals surface area (Å²) in [5.74, 6) is -0.329. The van der Waals surface area contributed by atoms with Crippen molar-refractivity contribution in [2.24, 2.45) is 0 Å². The van der Waals surface area contributed by atoms with Crippen LogP contribution in [-0.2, 0) is 11.2 Å². The highest BCUT2D eigenvalue weighted by Crippen LogP contribution is 2.19. The molecule has 0 amide bonds. The molecular weight excluding hydrogens is 226 g/mol. The molecule has 0 spiro atoms. The summed E-state index contributed by atoms with van der Waals surface area (Å²) in [4.78, 5) is 16.1. The van der Waals surface area contributed by atoms with Crippen molar-refractivity contribution in [3.63, 3.8) is 0 Å². The van der Waals surface area contributed by atoms with Crippen LogP contribution >= 0.6 is 0 Å². The van der Waals surface area contributed by atoms with Gasteiger partial charge in [0.05, 0.1) is 18.4 Å². The van der Waals surface area contributed by atoms with Gasteiger partial charge in [-0.3, -0.25) is 4.98 Å². The molecule has 1 aromatic heterocycles. The minimum absolute atomic E-state index is 0.329. The fraction of sp³-hybridized carbons (Fsp3) is 0.200. The van der Waals surface area contributed by atoms with E-state index in [1.54, 1.807) is 12.1 Å². The highest BCUT2D eigenvalue weighted by atomic mass is 16.5. The third-order valence-corrected chi connectivity index (χ3v) is 2.73. The molecule has 0 N–H and O–H groups in total. The van der Waals surface area contributed by atoms with Crippen LogP contribution in [-0.4, -0.2) is 18.1 Å². The van der Waals surface area contributed by atoms with Crippen molar-refractivity contribution in [3.05, 3.63) is 53.7 Å². The number of esters is 1. The highest BCUT2D eigenvalue weighted by Gasteiger charge is 2.10. The van der Waals surface area contributed by atoms with E-state index in [9.17, 15) is 4.79 Å². The molecule has 0 fully saturated rings. The summed E-state index contributed by atoms with van der Waals surface area (Å²) in [6, 6.07) is 13.3. The zero-order chi connectivity index (χ0) is 13.0. The molecule has 0 saturated carbocycles. The first kappa shape index (κ1) is 12.3. The summed E-state index contributed by atoms with van der Waals surface area (Å²) in [5, 5.41) is 0. The van der Waals surface area contributed by atoms with Gasteiger partial charge in [-0.25, -0.2) is 4.79 Å². The Morgan fingerprint density at radius 1 is 1.22 bits per heavy atom.